The van der Waals surface area contributed by atoms with Crippen LogP contribution in [-0.2, 0) is 14.3 Å². The number of ether oxygens (including phenoxy) is 2. The van der Waals surface area contributed by atoms with Crippen LogP contribution < -0.4 is 15.1 Å². The van der Waals surface area contributed by atoms with E-state index in [9.17, 15) is 24.0 Å². The number of hydroxylamine groups is 1. The van der Waals surface area contributed by atoms with Crippen molar-refractivity contribution in [3.05, 3.63) is 60.4 Å². The summed E-state index contributed by atoms with van der Waals surface area (Å²) in [5.74, 6) is -3.05. The van der Waals surface area contributed by atoms with Gasteiger partial charge in [-0.1, -0.05) is 30.3 Å². The number of rotatable bonds is 5. The lowest BCUT2D eigenvalue weighted by molar-refractivity contribution is -0.151. The lowest BCUT2D eigenvalue weighted by atomic mass is 9.86. The summed E-state index contributed by atoms with van der Waals surface area (Å²) < 4.78 is 24.8. The predicted octanol–water partition coefficient (Wildman–Crippen LogP) is 1.88. The number of nitrogens with zero attached hydrogens (tertiary/aromatic N) is 3. The van der Waals surface area contributed by atoms with Crippen LogP contribution >= 0.6 is 0 Å². The Kier molecular flexibility index (Phi) is 7.89. The second-order valence-electron chi connectivity index (χ2n) is 8.70. The maximum atomic E-state index is 14.2. The summed E-state index contributed by atoms with van der Waals surface area (Å²) in [5.41, 5.74) is 2.64. The van der Waals surface area contributed by atoms with E-state index >= 15 is 0 Å². The van der Waals surface area contributed by atoms with E-state index in [1.807, 2.05) is 30.3 Å². The monoisotopic (exact) mass is 500 g/mol. The third-order valence-corrected chi connectivity index (χ3v) is 6.59. The molecule has 10 nitrogen and oxygen atoms in total. The van der Waals surface area contributed by atoms with Gasteiger partial charge in [-0.3, -0.25) is 19.7 Å². The molecule has 0 spiro atoms. The minimum absolute atomic E-state index is 0.0192. The second-order valence-corrected chi connectivity index (χ2v) is 8.70. The molecule has 36 heavy (non-hydrogen) atoms. The number of nitrogens with one attached hydrogen (secondary N) is 1. The largest absolute Gasteiger partial charge is 0.485 e. The third-order valence-electron chi connectivity index (χ3n) is 6.59. The quantitative estimate of drug-likeness (QED) is 0.476. The highest BCUT2D eigenvalue weighted by Crippen LogP contribution is 2.30. The molecule has 0 bridgehead atoms. The number of methoxy groups -OCH3 is 1. The van der Waals surface area contributed by atoms with Gasteiger partial charge in [0.2, 0.25) is 11.8 Å². The van der Waals surface area contributed by atoms with Crippen molar-refractivity contribution < 1.29 is 33.5 Å². The number of carbonyl (C=O) groups excluding carboxylic acids is 3. The number of piperidine rings is 1. The molecule has 2 aromatic carbocycles. The molecule has 2 aliphatic rings. The van der Waals surface area contributed by atoms with E-state index in [1.165, 1.54) is 25.3 Å². The zero-order chi connectivity index (χ0) is 25.7. The molecule has 0 aliphatic carbocycles. The highest BCUT2D eigenvalue weighted by Gasteiger charge is 2.49. The topological polar surface area (TPSA) is 112 Å². The average Bonchev–Trinajstić information content (AvgIpc) is 2.93. The number of carbonyl (C=O) groups is 3. The molecule has 2 heterocycles. The van der Waals surface area contributed by atoms with Crippen LogP contribution in [0.4, 0.5) is 14.9 Å². The molecule has 2 N–H and O–H groups in total. The molecular formula is C25H29FN4O6. The zero-order valence-corrected chi connectivity index (χ0v) is 19.9. The molecule has 0 unspecified atom stereocenters. The standard InChI is InChI=1S/C25H29FN4O6/c1-35-25(33)30-16-18(36-21-10-6-5-9-20(21)26)15-19(23(31)27-34)22(30)24(32)29-13-11-28(12-14-29)17-7-3-2-4-8-17/h2-10,18-19,22,34H,11-16H2,1H3,(H,27,31)/t18-,19-,22-/m0/s1. The first kappa shape index (κ1) is 25.2. The van der Waals surface area contributed by atoms with Crippen molar-refractivity contribution in [1.82, 2.24) is 15.3 Å². The maximum Gasteiger partial charge on any atom is 0.410 e. The summed E-state index contributed by atoms with van der Waals surface area (Å²) in [6.07, 6.45) is -1.66. The molecule has 2 aliphatic heterocycles. The van der Waals surface area contributed by atoms with Gasteiger partial charge in [0, 0.05) is 38.3 Å². The Balaban J connectivity index is 1.54. The third kappa shape index (κ3) is 5.35. The van der Waals surface area contributed by atoms with Crippen LogP contribution in [0, 0.1) is 11.7 Å². The number of hydrogen-bond donors (Lipinski definition) is 2. The number of para-hydroxylation sites is 2. The number of benzene rings is 2. The summed E-state index contributed by atoms with van der Waals surface area (Å²) in [4.78, 5) is 44.0. The lowest BCUT2D eigenvalue weighted by Crippen LogP contribution is -2.64. The number of halogens is 1. The van der Waals surface area contributed by atoms with Crippen molar-refractivity contribution in [2.75, 3.05) is 44.7 Å². The fourth-order valence-electron chi connectivity index (χ4n) is 4.80. The van der Waals surface area contributed by atoms with Crippen molar-refractivity contribution in [3.63, 3.8) is 0 Å². The van der Waals surface area contributed by atoms with E-state index in [1.54, 1.807) is 16.4 Å². The van der Waals surface area contributed by atoms with E-state index < -0.39 is 41.8 Å². The smallest absolute Gasteiger partial charge is 0.410 e. The van der Waals surface area contributed by atoms with E-state index in [0.29, 0.717) is 26.2 Å². The van der Waals surface area contributed by atoms with Crippen LogP contribution in [0.5, 0.6) is 5.75 Å². The van der Waals surface area contributed by atoms with Crippen LogP contribution in [-0.4, -0.2) is 84.9 Å². The van der Waals surface area contributed by atoms with Gasteiger partial charge in [0.15, 0.2) is 11.6 Å². The fourth-order valence-corrected chi connectivity index (χ4v) is 4.80. The second kappa shape index (κ2) is 11.3. The maximum absolute atomic E-state index is 14.2. The Morgan fingerprint density at radius 3 is 2.31 bits per heavy atom. The van der Waals surface area contributed by atoms with Gasteiger partial charge in [-0.15, -0.1) is 0 Å². The van der Waals surface area contributed by atoms with Crippen LogP contribution in [0.25, 0.3) is 0 Å². The Bertz CT molecular complexity index is 1050. The first-order valence-corrected chi connectivity index (χ1v) is 11.7. The fraction of sp³-hybridized carbons (Fsp3) is 0.400. The Labute approximate surface area is 208 Å². The van der Waals surface area contributed by atoms with Gasteiger partial charge in [-0.05, 0) is 24.3 Å². The molecule has 3 amide bonds. The number of anilines is 1. The first-order chi connectivity index (χ1) is 17.4. The molecular weight excluding hydrogens is 471 g/mol. The van der Waals surface area contributed by atoms with Crippen molar-refractivity contribution in [2.45, 2.75) is 18.6 Å². The summed E-state index contributed by atoms with van der Waals surface area (Å²) in [5, 5.41) is 9.39. The number of amides is 3. The molecule has 2 saturated heterocycles. The van der Waals surface area contributed by atoms with E-state index in [4.69, 9.17) is 9.47 Å². The molecule has 2 fully saturated rings. The minimum Gasteiger partial charge on any atom is -0.485 e. The van der Waals surface area contributed by atoms with Gasteiger partial charge >= 0.3 is 6.09 Å². The molecule has 2 aromatic rings. The molecule has 0 saturated carbocycles. The van der Waals surface area contributed by atoms with E-state index in [0.717, 1.165) is 10.6 Å². The summed E-state index contributed by atoms with van der Waals surface area (Å²) in [6.45, 7) is 1.84. The van der Waals surface area contributed by atoms with Gasteiger partial charge < -0.3 is 19.3 Å². The number of likely N-dealkylation sites (tertiary alicyclic amines) is 1. The summed E-state index contributed by atoms with van der Waals surface area (Å²) in [7, 11) is 1.17. The predicted molar refractivity (Wildman–Crippen MR) is 127 cm³/mol. The number of piperazine rings is 1. The van der Waals surface area contributed by atoms with Crippen molar-refractivity contribution in [1.29, 1.82) is 0 Å². The molecule has 0 radical (unpaired) electrons. The van der Waals surface area contributed by atoms with Crippen molar-refractivity contribution in [3.8, 4) is 5.75 Å². The summed E-state index contributed by atoms with van der Waals surface area (Å²) in [6, 6.07) is 14.4. The Hall–Kier alpha value is -3.86. The molecule has 0 aromatic heterocycles. The van der Waals surface area contributed by atoms with Crippen molar-refractivity contribution >= 4 is 23.6 Å². The molecule has 3 atom stereocenters. The summed E-state index contributed by atoms with van der Waals surface area (Å²) >= 11 is 0. The van der Waals surface area contributed by atoms with Gasteiger partial charge in [0.1, 0.15) is 12.1 Å². The normalized spacial score (nSPS) is 22.1. The molecule has 11 heteroatoms. The van der Waals surface area contributed by atoms with E-state index in [2.05, 4.69) is 4.90 Å². The average molecular weight is 501 g/mol. The minimum atomic E-state index is -1.21. The zero-order valence-electron chi connectivity index (χ0n) is 19.9. The van der Waals surface area contributed by atoms with Crippen LogP contribution in [0.1, 0.15) is 6.42 Å². The highest BCUT2D eigenvalue weighted by molar-refractivity contribution is 5.92. The Morgan fingerprint density at radius 1 is 1.00 bits per heavy atom. The van der Waals surface area contributed by atoms with Gasteiger partial charge in [-0.25, -0.2) is 14.7 Å². The lowest BCUT2D eigenvalue weighted by Gasteiger charge is -2.45. The van der Waals surface area contributed by atoms with Crippen LogP contribution in [0.2, 0.25) is 0 Å². The Morgan fingerprint density at radius 2 is 1.67 bits per heavy atom. The first-order valence-electron chi connectivity index (χ1n) is 11.7. The van der Waals surface area contributed by atoms with E-state index in [-0.39, 0.29) is 18.7 Å². The van der Waals surface area contributed by atoms with Gasteiger partial charge in [0.25, 0.3) is 0 Å². The van der Waals surface area contributed by atoms with Crippen LogP contribution in [0.3, 0.4) is 0 Å². The highest BCUT2D eigenvalue weighted by atomic mass is 19.1. The van der Waals surface area contributed by atoms with Gasteiger partial charge in [-0.2, -0.15) is 0 Å². The van der Waals surface area contributed by atoms with Crippen molar-refractivity contribution in [2.24, 2.45) is 5.92 Å². The number of hydrogen-bond acceptors (Lipinski definition) is 7. The van der Waals surface area contributed by atoms with Gasteiger partial charge in [0.05, 0.1) is 19.6 Å². The SMILES string of the molecule is COC(=O)N1C[C@@H](Oc2ccccc2F)C[C@H](C(=O)NO)[C@H]1C(=O)N1CCN(c2ccccc2)CC1. The molecule has 192 valence electrons. The van der Waals surface area contributed by atoms with Crippen LogP contribution in [0.15, 0.2) is 54.6 Å². The molecule has 4 rings (SSSR count).